The molecule has 1 aromatic heterocycles. The quantitative estimate of drug-likeness (QED) is 0.324. The highest BCUT2D eigenvalue weighted by Crippen LogP contribution is 2.75. The molecular weight excluding hydrogens is 590 g/mol. The van der Waals surface area contributed by atoms with Crippen LogP contribution in [0.25, 0.3) is 11.3 Å². The number of aromatic nitrogens is 1. The van der Waals surface area contributed by atoms with Crippen molar-refractivity contribution in [2.75, 3.05) is 0 Å². The Morgan fingerprint density at radius 1 is 0.957 bits per heavy atom. The predicted octanol–water partition coefficient (Wildman–Crippen LogP) is 9.36. The summed E-state index contributed by atoms with van der Waals surface area (Å²) in [5, 5.41) is 7.67. The zero-order valence-corrected chi connectivity index (χ0v) is 30.1. The third kappa shape index (κ3) is 4.64. The van der Waals surface area contributed by atoms with Crippen LogP contribution in [0.2, 0.25) is 0 Å². The first kappa shape index (κ1) is 33.8. The average Bonchev–Trinajstić information content (AvgIpc) is 3.50. The minimum absolute atomic E-state index is 0. The maximum absolute atomic E-state index is 14.5. The Morgan fingerprint density at radius 3 is 2.43 bits per heavy atom. The molecule has 46 heavy (non-hydrogen) atoms. The molecule has 6 heteroatoms. The van der Waals surface area contributed by atoms with E-state index in [9.17, 15) is 4.79 Å². The zero-order chi connectivity index (χ0) is 32.0. The summed E-state index contributed by atoms with van der Waals surface area (Å²) >= 11 is 0. The number of nitrogens with two attached hydrogens (primary N) is 1. The van der Waals surface area contributed by atoms with Crippen LogP contribution in [-0.4, -0.2) is 17.1 Å². The van der Waals surface area contributed by atoms with Crippen LogP contribution in [0.5, 0.6) is 0 Å². The molecule has 1 amide bonds. The molecule has 0 radical (unpaired) electrons. The maximum atomic E-state index is 14.5. The lowest BCUT2D eigenvalue weighted by atomic mass is 9.33. The molecule has 0 spiro atoms. The van der Waals surface area contributed by atoms with Gasteiger partial charge < -0.3 is 15.6 Å². The summed E-state index contributed by atoms with van der Waals surface area (Å²) in [7, 11) is 0. The van der Waals surface area contributed by atoms with Crippen LogP contribution in [0, 0.1) is 56.7 Å². The van der Waals surface area contributed by atoms with Gasteiger partial charge in [0.2, 0.25) is 5.91 Å². The smallest absolute Gasteiger partial charge is 0.227 e. The molecule has 0 saturated heterocycles. The van der Waals surface area contributed by atoms with Gasteiger partial charge in [-0.2, -0.15) is 0 Å². The second-order valence-electron chi connectivity index (χ2n) is 17.5. The van der Waals surface area contributed by atoms with Crippen LogP contribution in [0.15, 0.2) is 52.6 Å². The summed E-state index contributed by atoms with van der Waals surface area (Å²) < 4.78 is 5.69. The summed E-state index contributed by atoms with van der Waals surface area (Å²) in [5.41, 5.74) is 10.7. The monoisotopic (exact) mass is 647 g/mol. The number of fused-ring (bicyclic) bond motifs is 7. The Balaban J connectivity index is 0.00000372. The van der Waals surface area contributed by atoms with Gasteiger partial charge in [-0.25, -0.2) is 0 Å². The van der Waals surface area contributed by atoms with Gasteiger partial charge in [0, 0.05) is 17.7 Å². The summed E-state index contributed by atoms with van der Waals surface area (Å²) in [4.78, 5) is 14.5. The molecule has 0 bridgehead atoms. The van der Waals surface area contributed by atoms with E-state index in [4.69, 9.17) is 10.3 Å². The summed E-state index contributed by atoms with van der Waals surface area (Å²) in [5.74, 6) is 3.64. The van der Waals surface area contributed by atoms with Crippen molar-refractivity contribution in [1.82, 2.24) is 10.5 Å². The molecule has 10 atom stereocenters. The Bertz CT molecular complexity index is 1480. The molecule has 0 aliphatic heterocycles. The standard InChI is InChI=1S/C40H57N3O2.ClH/c1-25-15-20-40(35(44)42-24-28-23-30(43-45-28)27-11-9-8-10-12-27)22-21-38(6)29(34(40)26(25)2)13-14-32-37(5)18-17-33(41)36(3,4)31(37)16-19-39(32,38)7;/h8-13,23,25-26,31-34H,14-22,24,41H2,1-7H3,(H,42,44);1H/t25-,26+,31?,32?,33+,34+,37+,38-,39-,40+;/m1./s1. The van der Waals surface area contributed by atoms with Gasteiger partial charge >= 0.3 is 0 Å². The van der Waals surface area contributed by atoms with Gasteiger partial charge in [-0.3, -0.25) is 4.79 Å². The van der Waals surface area contributed by atoms with Crippen molar-refractivity contribution in [3.63, 3.8) is 0 Å². The number of carbonyl (C=O) groups is 1. The van der Waals surface area contributed by atoms with Crippen molar-refractivity contribution in [3.8, 4) is 11.3 Å². The van der Waals surface area contributed by atoms with Gasteiger partial charge in [0.1, 0.15) is 5.69 Å². The lowest BCUT2D eigenvalue weighted by Gasteiger charge is -2.71. The van der Waals surface area contributed by atoms with Crippen LogP contribution in [0.3, 0.4) is 0 Å². The van der Waals surface area contributed by atoms with Crippen LogP contribution in [0.1, 0.15) is 112 Å². The highest BCUT2D eigenvalue weighted by Gasteiger charge is 2.69. The Morgan fingerprint density at radius 2 is 1.70 bits per heavy atom. The fraction of sp³-hybridized carbons (Fsp3) is 0.700. The van der Waals surface area contributed by atoms with E-state index in [1.54, 1.807) is 5.57 Å². The van der Waals surface area contributed by atoms with Gasteiger partial charge in [-0.05, 0) is 109 Å². The van der Waals surface area contributed by atoms with Crippen molar-refractivity contribution >= 4 is 18.3 Å². The molecule has 5 aliphatic carbocycles. The van der Waals surface area contributed by atoms with Crippen LogP contribution < -0.4 is 11.1 Å². The highest BCUT2D eigenvalue weighted by atomic mass is 35.5. The molecule has 5 nitrogen and oxygen atoms in total. The van der Waals surface area contributed by atoms with Crippen molar-refractivity contribution in [3.05, 3.63) is 53.8 Å². The molecule has 7 rings (SSSR count). The maximum Gasteiger partial charge on any atom is 0.227 e. The number of carbonyl (C=O) groups excluding carboxylic acids is 1. The van der Waals surface area contributed by atoms with E-state index in [1.807, 2.05) is 36.4 Å². The SMILES string of the molecule is C[C@H]1[C@H](C)CC[C@]2(C(=O)NCc3cc(-c4ccccc4)no3)CC[C@]3(C)C(=CCC4[C@@]5(C)CC[C@H](N)C(C)(C)C5CC[C@]43C)[C@H]12.Cl. The number of benzene rings is 1. The Kier molecular flexibility index (Phi) is 8.45. The minimum Gasteiger partial charge on any atom is -0.359 e. The van der Waals surface area contributed by atoms with E-state index in [2.05, 4.69) is 65.0 Å². The molecule has 4 fully saturated rings. The van der Waals surface area contributed by atoms with Gasteiger partial charge in [0.15, 0.2) is 5.76 Å². The van der Waals surface area contributed by atoms with E-state index in [0.29, 0.717) is 47.4 Å². The van der Waals surface area contributed by atoms with E-state index < -0.39 is 0 Å². The van der Waals surface area contributed by atoms with Crippen molar-refractivity contribution in [2.45, 2.75) is 119 Å². The number of amides is 1. The Hall–Kier alpha value is -2.11. The molecule has 2 unspecified atom stereocenters. The first-order valence-corrected chi connectivity index (χ1v) is 18.0. The topological polar surface area (TPSA) is 81.2 Å². The minimum atomic E-state index is -0.358. The van der Waals surface area contributed by atoms with E-state index in [1.165, 1.54) is 19.3 Å². The van der Waals surface area contributed by atoms with E-state index in [-0.39, 0.29) is 45.9 Å². The largest absolute Gasteiger partial charge is 0.359 e. The fourth-order valence-corrected chi connectivity index (χ4v) is 12.4. The van der Waals surface area contributed by atoms with Crippen molar-refractivity contribution in [2.24, 2.45) is 62.4 Å². The van der Waals surface area contributed by atoms with Gasteiger partial charge in [0.05, 0.1) is 12.0 Å². The molecule has 252 valence electrons. The highest BCUT2D eigenvalue weighted by molar-refractivity contribution is 5.85. The third-order valence-electron chi connectivity index (χ3n) is 15.6. The van der Waals surface area contributed by atoms with E-state index >= 15 is 0 Å². The lowest BCUT2D eigenvalue weighted by molar-refractivity contribution is -0.187. The number of nitrogens with one attached hydrogen (secondary N) is 1. The molecule has 5 aliphatic rings. The average molecular weight is 648 g/mol. The van der Waals surface area contributed by atoms with Gasteiger partial charge in [-0.15, -0.1) is 12.4 Å². The Labute approximate surface area is 283 Å². The number of allylic oxidation sites excluding steroid dienone is 2. The summed E-state index contributed by atoms with van der Waals surface area (Å²) in [6.45, 7) is 18.1. The summed E-state index contributed by atoms with van der Waals surface area (Å²) in [6.07, 6.45) is 12.9. The van der Waals surface area contributed by atoms with E-state index in [0.717, 1.165) is 49.8 Å². The first-order valence-electron chi connectivity index (χ1n) is 18.0. The van der Waals surface area contributed by atoms with Crippen molar-refractivity contribution in [1.29, 1.82) is 0 Å². The molecular formula is C40H58ClN3O2. The molecule has 3 N–H and O–H groups in total. The molecule has 1 heterocycles. The number of hydrogen-bond acceptors (Lipinski definition) is 4. The summed E-state index contributed by atoms with van der Waals surface area (Å²) in [6, 6.07) is 12.3. The van der Waals surface area contributed by atoms with Crippen molar-refractivity contribution < 1.29 is 9.32 Å². The number of hydrogen-bond donors (Lipinski definition) is 2. The second-order valence-corrected chi connectivity index (χ2v) is 17.5. The van der Waals surface area contributed by atoms with Gasteiger partial charge in [-0.1, -0.05) is 95.6 Å². The normalized spacial score (nSPS) is 42.7. The number of nitrogens with zero attached hydrogens (tertiary/aromatic N) is 1. The number of rotatable bonds is 4. The lowest BCUT2D eigenvalue weighted by Crippen LogP contribution is -2.66. The zero-order valence-electron chi connectivity index (χ0n) is 29.3. The predicted molar refractivity (Wildman–Crippen MR) is 188 cm³/mol. The second kappa shape index (κ2) is 11.5. The van der Waals surface area contributed by atoms with Crippen LogP contribution >= 0.6 is 12.4 Å². The fourth-order valence-electron chi connectivity index (χ4n) is 12.4. The third-order valence-corrected chi connectivity index (χ3v) is 15.6. The number of halogens is 1. The van der Waals surface area contributed by atoms with Gasteiger partial charge in [0.25, 0.3) is 0 Å². The molecule has 4 saturated carbocycles. The molecule has 1 aromatic carbocycles. The van der Waals surface area contributed by atoms with Crippen LogP contribution in [-0.2, 0) is 11.3 Å². The van der Waals surface area contributed by atoms with Crippen LogP contribution in [0.4, 0.5) is 0 Å². The first-order chi connectivity index (χ1) is 21.3. The molecule has 2 aromatic rings.